The summed E-state index contributed by atoms with van der Waals surface area (Å²) in [6, 6.07) is 5.17. The molecule has 112 valence electrons. The summed E-state index contributed by atoms with van der Waals surface area (Å²) in [4.78, 5) is 16.1. The zero-order valence-corrected chi connectivity index (χ0v) is 14.4. The van der Waals surface area contributed by atoms with Crippen molar-refractivity contribution in [3.8, 4) is 0 Å². The Balaban J connectivity index is 2.26. The fraction of sp³-hybridized carbons (Fsp3) is 0.167. The predicted molar refractivity (Wildman–Crippen MR) is 85.1 cm³/mol. The Morgan fingerprint density at radius 2 is 2.05 bits per heavy atom. The molecule has 0 bridgehead atoms. The number of thiazole rings is 1. The van der Waals surface area contributed by atoms with Gasteiger partial charge < -0.3 is 0 Å². The Kier molecular flexibility index (Phi) is 4.47. The van der Waals surface area contributed by atoms with Crippen molar-refractivity contribution in [2.75, 3.05) is 5.32 Å². The van der Waals surface area contributed by atoms with E-state index in [4.69, 9.17) is 5.14 Å². The second kappa shape index (κ2) is 5.84. The normalized spacial score (nSPS) is 11.4. The second-order valence-electron chi connectivity index (χ2n) is 4.35. The largest absolute Gasteiger partial charge is 0.298 e. The minimum atomic E-state index is -3.83. The van der Waals surface area contributed by atoms with Gasteiger partial charge in [-0.2, -0.15) is 0 Å². The number of aromatic nitrogens is 1. The van der Waals surface area contributed by atoms with Gasteiger partial charge >= 0.3 is 0 Å². The summed E-state index contributed by atoms with van der Waals surface area (Å²) in [6.07, 6.45) is 0. The van der Waals surface area contributed by atoms with Crippen molar-refractivity contribution in [2.24, 2.45) is 5.14 Å². The number of anilines is 1. The molecule has 2 aromatic rings. The fourth-order valence-electron chi connectivity index (χ4n) is 1.60. The van der Waals surface area contributed by atoms with Gasteiger partial charge in [-0.1, -0.05) is 33.3 Å². The standard InChI is InChI=1S/C12H12BrN3O3S2/c1-6-3-4-8(5-9(6)13)10(17)16-12-15-7(2)11(20-12)21(14,18)19/h3-5H,1-2H3,(H2,14,18,19)(H,15,16,17). The van der Waals surface area contributed by atoms with E-state index >= 15 is 0 Å². The van der Waals surface area contributed by atoms with Crippen molar-refractivity contribution >= 4 is 48.3 Å². The summed E-state index contributed by atoms with van der Waals surface area (Å²) in [5, 5.41) is 7.83. The van der Waals surface area contributed by atoms with Gasteiger partial charge in [0.05, 0.1) is 5.69 Å². The molecular formula is C12H12BrN3O3S2. The number of rotatable bonds is 3. The summed E-state index contributed by atoms with van der Waals surface area (Å²) in [5.74, 6) is -0.370. The van der Waals surface area contributed by atoms with Crippen LogP contribution < -0.4 is 10.5 Å². The molecule has 0 saturated carbocycles. The maximum atomic E-state index is 12.1. The van der Waals surface area contributed by atoms with Crippen LogP contribution >= 0.6 is 27.3 Å². The third-order valence-electron chi connectivity index (χ3n) is 2.67. The minimum absolute atomic E-state index is 0.0529. The molecule has 0 unspecified atom stereocenters. The molecule has 0 atom stereocenters. The number of halogens is 1. The van der Waals surface area contributed by atoms with E-state index in [1.54, 1.807) is 12.1 Å². The van der Waals surface area contributed by atoms with Crippen LogP contribution in [0, 0.1) is 13.8 Å². The molecule has 0 aliphatic rings. The van der Waals surface area contributed by atoms with Gasteiger partial charge in [-0.3, -0.25) is 10.1 Å². The summed E-state index contributed by atoms with van der Waals surface area (Å²) in [7, 11) is -3.83. The third-order valence-corrected chi connectivity index (χ3v) is 6.15. The zero-order valence-electron chi connectivity index (χ0n) is 11.2. The highest BCUT2D eigenvalue weighted by Gasteiger charge is 2.19. The summed E-state index contributed by atoms with van der Waals surface area (Å²) in [5.41, 5.74) is 1.72. The number of carbonyl (C=O) groups is 1. The van der Waals surface area contributed by atoms with Crippen molar-refractivity contribution in [1.82, 2.24) is 4.98 Å². The highest BCUT2D eigenvalue weighted by molar-refractivity contribution is 9.10. The van der Waals surface area contributed by atoms with Crippen LogP contribution in [-0.2, 0) is 10.0 Å². The topological polar surface area (TPSA) is 102 Å². The minimum Gasteiger partial charge on any atom is -0.298 e. The number of hydrogen-bond donors (Lipinski definition) is 2. The van der Waals surface area contributed by atoms with Crippen LogP contribution in [0.2, 0.25) is 0 Å². The first kappa shape index (κ1) is 16.1. The second-order valence-corrected chi connectivity index (χ2v) is 7.97. The average molecular weight is 390 g/mol. The molecule has 3 N–H and O–H groups in total. The van der Waals surface area contributed by atoms with Crippen LogP contribution in [0.25, 0.3) is 0 Å². The fourth-order valence-corrected chi connectivity index (χ4v) is 3.84. The average Bonchev–Trinajstić information content (AvgIpc) is 2.73. The smallest absolute Gasteiger partial charge is 0.257 e. The van der Waals surface area contributed by atoms with Crippen LogP contribution in [-0.4, -0.2) is 19.3 Å². The molecular weight excluding hydrogens is 378 g/mol. The van der Waals surface area contributed by atoms with Crippen LogP contribution in [0.5, 0.6) is 0 Å². The Hall–Kier alpha value is -1.29. The molecule has 6 nitrogen and oxygen atoms in total. The molecule has 0 radical (unpaired) electrons. The van der Waals surface area contributed by atoms with E-state index in [0.29, 0.717) is 5.56 Å². The number of aryl methyl sites for hydroxylation is 2. The maximum Gasteiger partial charge on any atom is 0.257 e. The number of benzene rings is 1. The van der Waals surface area contributed by atoms with Crippen LogP contribution in [0.4, 0.5) is 5.13 Å². The van der Waals surface area contributed by atoms with Crippen molar-refractivity contribution in [2.45, 2.75) is 18.1 Å². The van der Waals surface area contributed by atoms with E-state index in [1.165, 1.54) is 6.92 Å². The number of nitrogens with one attached hydrogen (secondary N) is 1. The van der Waals surface area contributed by atoms with E-state index in [0.717, 1.165) is 21.4 Å². The van der Waals surface area contributed by atoms with Gasteiger partial charge in [-0.15, -0.1) is 0 Å². The van der Waals surface area contributed by atoms with E-state index in [1.807, 2.05) is 13.0 Å². The molecule has 1 aromatic carbocycles. The van der Waals surface area contributed by atoms with E-state index in [9.17, 15) is 13.2 Å². The SMILES string of the molecule is Cc1ccc(C(=O)Nc2nc(C)c(S(N)(=O)=O)s2)cc1Br. The van der Waals surface area contributed by atoms with Crippen molar-refractivity contribution < 1.29 is 13.2 Å². The first-order valence-corrected chi connectivity index (χ1v) is 8.92. The summed E-state index contributed by atoms with van der Waals surface area (Å²) in [6.45, 7) is 3.43. The van der Waals surface area contributed by atoms with Gasteiger partial charge in [-0.25, -0.2) is 18.5 Å². The van der Waals surface area contributed by atoms with Gasteiger partial charge in [0, 0.05) is 10.0 Å². The number of sulfonamides is 1. The first-order valence-electron chi connectivity index (χ1n) is 5.76. The van der Waals surface area contributed by atoms with E-state index in [-0.39, 0.29) is 20.9 Å². The van der Waals surface area contributed by atoms with Gasteiger partial charge in [0.25, 0.3) is 5.91 Å². The lowest BCUT2D eigenvalue weighted by Crippen LogP contribution is -2.11. The Morgan fingerprint density at radius 3 is 2.57 bits per heavy atom. The molecule has 1 amide bonds. The quantitative estimate of drug-likeness (QED) is 0.840. The van der Waals surface area contributed by atoms with Gasteiger partial charge in [0.1, 0.15) is 0 Å². The molecule has 21 heavy (non-hydrogen) atoms. The number of nitrogens with two attached hydrogens (primary N) is 1. The maximum absolute atomic E-state index is 12.1. The van der Waals surface area contributed by atoms with Gasteiger partial charge in [0.15, 0.2) is 9.34 Å². The Bertz CT molecular complexity index is 815. The molecule has 0 spiro atoms. The van der Waals surface area contributed by atoms with Gasteiger partial charge in [-0.05, 0) is 31.5 Å². The third kappa shape index (κ3) is 3.67. The molecule has 0 saturated heterocycles. The summed E-state index contributed by atoms with van der Waals surface area (Å²) < 4.78 is 23.4. The van der Waals surface area contributed by atoms with E-state index in [2.05, 4.69) is 26.2 Å². The molecule has 9 heteroatoms. The first-order chi connectivity index (χ1) is 9.68. The van der Waals surface area contributed by atoms with Crippen LogP contribution in [0.15, 0.2) is 26.9 Å². The number of primary sulfonamides is 1. The van der Waals surface area contributed by atoms with E-state index < -0.39 is 10.0 Å². The molecule has 0 aliphatic heterocycles. The van der Waals surface area contributed by atoms with Crippen molar-refractivity contribution in [3.05, 3.63) is 39.5 Å². The molecule has 2 rings (SSSR count). The summed E-state index contributed by atoms with van der Waals surface area (Å²) >= 11 is 4.18. The van der Waals surface area contributed by atoms with Crippen LogP contribution in [0.3, 0.4) is 0 Å². The molecule has 1 aromatic heterocycles. The van der Waals surface area contributed by atoms with Gasteiger partial charge in [0.2, 0.25) is 10.0 Å². The van der Waals surface area contributed by atoms with Crippen LogP contribution in [0.1, 0.15) is 21.6 Å². The monoisotopic (exact) mass is 389 g/mol. The lowest BCUT2D eigenvalue weighted by Gasteiger charge is -2.04. The Labute approximate surface area is 134 Å². The zero-order chi connectivity index (χ0) is 15.8. The number of amides is 1. The number of carbonyl (C=O) groups excluding carboxylic acids is 1. The highest BCUT2D eigenvalue weighted by Crippen LogP contribution is 2.26. The molecule has 0 aliphatic carbocycles. The predicted octanol–water partition coefficient (Wildman–Crippen LogP) is 2.42. The van der Waals surface area contributed by atoms with Crippen molar-refractivity contribution in [3.63, 3.8) is 0 Å². The Morgan fingerprint density at radius 1 is 1.38 bits per heavy atom. The lowest BCUT2D eigenvalue weighted by molar-refractivity contribution is 0.102. The lowest BCUT2D eigenvalue weighted by atomic mass is 10.1. The number of hydrogen-bond acceptors (Lipinski definition) is 5. The molecule has 0 fully saturated rings. The number of nitrogens with zero attached hydrogens (tertiary/aromatic N) is 1. The van der Waals surface area contributed by atoms with Crippen molar-refractivity contribution in [1.29, 1.82) is 0 Å². The highest BCUT2D eigenvalue weighted by atomic mass is 79.9. The molecule has 1 heterocycles.